The molecule has 2 N–H and O–H groups in total. The van der Waals surface area contributed by atoms with E-state index in [0.29, 0.717) is 0 Å². The molecule has 0 atom stereocenters. The molecule has 0 bridgehead atoms. The van der Waals surface area contributed by atoms with Gasteiger partial charge in [0.2, 0.25) is 0 Å². The largest absolute Gasteiger partial charge is 0.480 e. The van der Waals surface area contributed by atoms with E-state index in [1.54, 1.807) is 17.4 Å². The van der Waals surface area contributed by atoms with Crippen molar-refractivity contribution in [3.63, 3.8) is 0 Å². The Balaban J connectivity index is 2.64. The third-order valence-corrected chi connectivity index (χ3v) is 2.09. The van der Waals surface area contributed by atoms with E-state index in [0.717, 1.165) is 5.56 Å². The van der Waals surface area contributed by atoms with Crippen LogP contribution in [0.15, 0.2) is 17.4 Å². The Hall–Kier alpha value is -0.575. The molecule has 1 aromatic heterocycles. The van der Waals surface area contributed by atoms with Crippen LogP contribution in [-0.4, -0.2) is 17.2 Å². The van der Waals surface area contributed by atoms with Crippen LogP contribution in [0.4, 0.5) is 0 Å². The number of aryl methyl sites for hydroxylation is 1. The lowest BCUT2D eigenvalue weighted by atomic mass is 9.91. The summed E-state index contributed by atoms with van der Waals surface area (Å²) in [5, 5.41) is 19.0. The molecule has 1 rings (SSSR count). The molecule has 0 unspecified atom stereocenters. The quantitative estimate of drug-likeness (QED) is 0.648. The molecule has 0 aliphatic carbocycles. The fourth-order valence-corrected chi connectivity index (χ4v) is 1.42. The molecule has 0 spiro atoms. The molecule has 11 heavy (non-hydrogen) atoms. The molecule has 58 valence electrons. The van der Waals surface area contributed by atoms with Gasteiger partial charge in [-0.15, -0.1) is 11.3 Å². The van der Waals surface area contributed by atoms with Crippen LogP contribution in [0.25, 0.3) is 6.08 Å². The standard InChI is InChI=1S/C7H9BO2S/c1-6-4-7(5-11-6)2-3-8(9)10/h2-5,9-10H,1H3/b3-2+. The first kappa shape index (κ1) is 8.52. The highest BCUT2D eigenvalue weighted by Gasteiger charge is 1.98. The summed E-state index contributed by atoms with van der Waals surface area (Å²) in [6.45, 7) is 2.01. The van der Waals surface area contributed by atoms with Gasteiger partial charge in [0.05, 0.1) is 0 Å². The minimum Gasteiger partial charge on any atom is -0.424 e. The van der Waals surface area contributed by atoms with E-state index in [-0.39, 0.29) is 0 Å². The van der Waals surface area contributed by atoms with E-state index in [9.17, 15) is 0 Å². The average molecular weight is 168 g/mol. The van der Waals surface area contributed by atoms with Gasteiger partial charge in [-0.2, -0.15) is 0 Å². The Morgan fingerprint density at radius 1 is 1.55 bits per heavy atom. The Bertz CT molecular complexity index is 255. The average Bonchev–Trinajstić information content (AvgIpc) is 2.31. The molecule has 2 nitrogen and oxygen atoms in total. The summed E-state index contributed by atoms with van der Waals surface area (Å²) < 4.78 is 0. The zero-order valence-corrected chi connectivity index (χ0v) is 7.01. The minimum absolute atomic E-state index is 1.01. The second-order valence-corrected chi connectivity index (χ2v) is 3.38. The highest BCUT2D eigenvalue weighted by atomic mass is 32.1. The third-order valence-electron chi connectivity index (χ3n) is 1.21. The highest BCUT2D eigenvalue weighted by molar-refractivity contribution is 7.10. The topological polar surface area (TPSA) is 40.5 Å². The van der Waals surface area contributed by atoms with Crippen molar-refractivity contribution in [1.82, 2.24) is 0 Å². The first-order valence-electron chi connectivity index (χ1n) is 3.28. The van der Waals surface area contributed by atoms with Crippen LogP contribution in [0, 0.1) is 6.92 Å². The second kappa shape index (κ2) is 3.71. The summed E-state index contributed by atoms with van der Waals surface area (Å²) in [6, 6.07) is 1.99. The normalized spacial score (nSPS) is 10.8. The predicted octanol–water partition coefficient (Wildman–Crippen LogP) is 1.08. The van der Waals surface area contributed by atoms with Crippen molar-refractivity contribution in [1.29, 1.82) is 0 Å². The van der Waals surface area contributed by atoms with Crippen LogP contribution >= 0.6 is 11.3 Å². The first-order chi connectivity index (χ1) is 5.18. The van der Waals surface area contributed by atoms with Crippen molar-refractivity contribution in [2.75, 3.05) is 0 Å². The van der Waals surface area contributed by atoms with E-state index in [4.69, 9.17) is 10.0 Å². The SMILES string of the molecule is Cc1cc(/C=C/B(O)O)cs1. The summed E-state index contributed by atoms with van der Waals surface area (Å²) in [7, 11) is -1.35. The van der Waals surface area contributed by atoms with Gasteiger partial charge in [0.15, 0.2) is 0 Å². The van der Waals surface area contributed by atoms with Crippen molar-refractivity contribution in [3.05, 3.63) is 27.9 Å². The van der Waals surface area contributed by atoms with Crippen LogP contribution in [-0.2, 0) is 0 Å². The monoisotopic (exact) mass is 168 g/mol. The van der Waals surface area contributed by atoms with Crippen LogP contribution in [0.1, 0.15) is 10.4 Å². The Morgan fingerprint density at radius 3 is 2.73 bits per heavy atom. The molecule has 0 fully saturated rings. The minimum atomic E-state index is -1.35. The maximum Gasteiger partial charge on any atom is 0.480 e. The van der Waals surface area contributed by atoms with Gasteiger partial charge in [-0.25, -0.2) is 0 Å². The molecule has 0 amide bonds. The zero-order valence-electron chi connectivity index (χ0n) is 6.19. The molecule has 0 saturated carbocycles. The van der Waals surface area contributed by atoms with E-state index in [2.05, 4.69) is 0 Å². The molecule has 0 aromatic carbocycles. The van der Waals surface area contributed by atoms with Crippen molar-refractivity contribution in [2.45, 2.75) is 6.92 Å². The number of hydrogen-bond acceptors (Lipinski definition) is 3. The summed E-state index contributed by atoms with van der Waals surface area (Å²) in [4.78, 5) is 1.22. The number of rotatable bonds is 2. The Morgan fingerprint density at radius 2 is 2.27 bits per heavy atom. The lowest BCUT2D eigenvalue weighted by molar-refractivity contribution is 0.424. The van der Waals surface area contributed by atoms with Crippen LogP contribution in [0.3, 0.4) is 0 Å². The second-order valence-electron chi connectivity index (χ2n) is 2.26. The van der Waals surface area contributed by atoms with Crippen LogP contribution < -0.4 is 0 Å². The predicted molar refractivity (Wildman–Crippen MR) is 48.3 cm³/mol. The van der Waals surface area contributed by atoms with E-state index in [1.165, 1.54) is 10.9 Å². The molecule has 1 aromatic rings. The summed E-state index contributed by atoms with van der Waals surface area (Å²) in [5.74, 6) is 1.33. The van der Waals surface area contributed by atoms with Gasteiger partial charge in [0, 0.05) is 4.88 Å². The van der Waals surface area contributed by atoms with Gasteiger partial charge < -0.3 is 10.0 Å². The smallest absolute Gasteiger partial charge is 0.424 e. The van der Waals surface area contributed by atoms with Crippen molar-refractivity contribution in [3.8, 4) is 0 Å². The molecular formula is C7H9BO2S. The highest BCUT2D eigenvalue weighted by Crippen LogP contribution is 2.13. The summed E-state index contributed by atoms with van der Waals surface area (Å²) in [5.41, 5.74) is 1.01. The zero-order chi connectivity index (χ0) is 8.27. The van der Waals surface area contributed by atoms with E-state index >= 15 is 0 Å². The molecule has 1 heterocycles. The third kappa shape index (κ3) is 2.88. The van der Waals surface area contributed by atoms with Crippen molar-refractivity contribution < 1.29 is 10.0 Å². The van der Waals surface area contributed by atoms with Crippen molar-refractivity contribution >= 4 is 24.5 Å². The maximum absolute atomic E-state index is 8.49. The fraction of sp³-hybridized carbons (Fsp3) is 0.143. The van der Waals surface area contributed by atoms with Gasteiger partial charge in [-0.05, 0) is 23.9 Å². The Kier molecular flexibility index (Phi) is 2.88. The van der Waals surface area contributed by atoms with Crippen LogP contribution in [0.5, 0.6) is 0 Å². The molecular weight excluding hydrogens is 159 g/mol. The first-order valence-corrected chi connectivity index (χ1v) is 4.16. The lowest BCUT2D eigenvalue weighted by Crippen LogP contribution is -2.05. The molecule has 0 aliphatic rings. The molecule has 0 radical (unpaired) electrons. The van der Waals surface area contributed by atoms with E-state index in [1.807, 2.05) is 18.4 Å². The number of thiophene rings is 1. The van der Waals surface area contributed by atoms with E-state index < -0.39 is 7.12 Å². The summed E-state index contributed by atoms with van der Waals surface area (Å²) in [6.07, 6.45) is 1.69. The fourth-order valence-electron chi connectivity index (χ4n) is 0.748. The number of hydrogen-bond donors (Lipinski definition) is 2. The summed E-state index contributed by atoms with van der Waals surface area (Å²) >= 11 is 1.64. The van der Waals surface area contributed by atoms with Gasteiger partial charge in [-0.1, -0.05) is 12.1 Å². The van der Waals surface area contributed by atoms with Gasteiger partial charge in [-0.3, -0.25) is 0 Å². The Labute approximate surface area is 70.0 Å². The van der Waals surface area contributed by atoms with Crippen LogP contribution in [0.2, 0.25) is 0 Å². The molecule has 4 heteroatoms. The van der Waals surface area contributed by atoms with Gasteiger partial charge in [0.25, 0.3) is 0 Å². The van der Waals surface area contributed by atoms with Gasteiger partial charge in [0.1, 0.15) is 0 Å². The molecule has 0 aliphatic heterocycles. The maximum atomic E-state index is 8.49. The van der Waals surface area contributed by atoms with Gasteiger partial charge >= 0.3 is 7.12 Å². The molecule has 0 saturated heterocycles. The van der Waals surface area contributed by atoms with Crippen molar-refractivity contribution in [2.24, 2.45) is 0 Å². The lowest BCUT2D eigenvalue weighted by Gasteiger charge is -1.84.